The molecule has 0 aromatic carbocycles. The highest BCUT2D eigenvalue weighted by Gasteiger charge is 2.08. The average molecular weight is 249 g/mol. The molecule has 0 saturated heterocycles. The van der Waals surface area contributed by atoms with Crippen LogP contribution in [0.1, 0.15) is 5.69 Å². The fraction of sp³-hybridized carbons (Fsp3) is 0.300. The number of nitrogens with zero attached hydrogens (tertiary/aromatic N) is 2. The molecule has 1 N–H and O–H groups in total. The molecule has 0 fully saturated rings. The third-order valence-corrected chi connectivity index (χ3v) is 3.36. The van der Waals surface area contributed by atoms with Crippen molar-refractivity contribution in [2.75, 3.05) is 0 Å². The lowest BCUT2D eigenvalue weighted by Crippen LogP contribution is -2.16. The van der Waals surface area contributed by atoms with Crippen LogP contribution < -0.4 is 4.87 Å². The van der Waals surface area contributed by atoms with E-state index in [1.165, 1.54) is 0 Å². The quantitative estimate of drug-likeness (QED) is 0.570. The highest BCUT2D eigenvalue weighted by molar-refractivity contribution is 7.15. The van der Waals surface area contributed by atoms with Crippen molar-refractivity contribution < 1.29 is 0 Å². The van der Waals surface area contributed by atoms with Crippen molar-refractivity contribution in [2.24, 2.45) is 0 Å². The third kappa shape index (κ3) is 2.56. The topological polar surface area (TPSA) is 58.6 Å². The normalized spacial score (nSPS) is 11.2. The van der Waals surface area contributed by atoms with E-state index in [9.17, 15) is 4.79 Å². The minimum absolute atomic E-state index is 0.134. The zero-order valence-electron chi connectivity index (χ0n) is 9.29. The molecule has 6 heteroatoms. The Morgan fingerprint density at radius 1 is 1.44 bits per heavy atom. The van der Waals surface area contributed by atoms with Crippen LogP contribution in [-0.2, 0) is 0 Å². The zero-order valence-corrected chi connectivity index (χ0v) is 11.1. The Morgan fingerprint density at radius 3 is 2.88 bits per heavy atom. The van der Waals surface area contributed by atoms with Crippen molar-refractivity contribution in [1.82, 2.24) is 15.0 Å². The lowest BCUT2D eigenvalue weighted by molar-refractivity contribution is 1.23. The number of aromatic nitrogens is 3. The van der Waals surface area contributed by atoms with Gasteiger partial charge in [-0.2, -0.15) is 0 Å². The van der Waals surface area contributed by atoms with E-state index in [-0.39, 0.29) is 4.87 Å². The Bertz CT molecular complexity index is 642. The summed E-state index contributed by atoms with van der Waals surface area (Å²) in [6.07, 6.45) is 1.60. The highest BCUT2D eigenvalue weighted by Crippen LogP contribution is 2.08. The number of hydrogen-bond acceptors (Lipinski definition) is 4. The van der Waals surface area contributed by atoms with E-state index in [0.717, 1.165) is 11.3 Å². The van der Waals surface area contributed by atoms with Gasteiger partial charge in [0, 0.05) is 0 Å². The second-order valence-corrected chi connectivity index (χ2v) is 10.1. The van der Waals surface area contributed by atoms with E-state index in [2.05, 4.69) is 46.1 Å². The third-order valence-electron chi connectivity index (χ3n) is 1.72. The molecule has 0 saturated carbocycles. The summed E-state index contributed by atoms with van der Waals surface area (Å²) in [5.41, 5.74) is 4.38. The SMILES string of the molecule is C[Si](C)(C)C#Cc1cnc2[nH]c(=O)sc2n1. The maximum atomic E-state index is 11.1. The predicted octanol–water partition coefficient (Wildman–Crippen LogP) is 1.61. The molecule has 0 bridgehead atoms. The Balaban J connectivity index is 2.46. The van der Waals surface area contributed by atoms with E-state index in [1.54, 1.807) is 6.20 Å². The number of hydrogen-bond donors (Lipinski definition) is 1. The van der Waals surface area contributed by atoms with E-state index < -0.39 is 8.07 Å². The van der Waals surface area contributed by atoms with Crippen molar-refractivity contribution >= 4 is 29.9 Å². The van der Waals surface area contributed by atoms with Gasteiger partial charge in [0.2, 0.25) is 0 Å². The molecule has 0 aliphatic heterocycles. The standard InChI is InChI=1S/C10H11N3OSSi/c1-16(2,3)5-4-7-6-11-8-9(12-7)15-10(14)13-8/h6H,1-3H3,(H,11,13,14). The Kier molecular flexibility index (Phi) is 2.66. The van der Waals surface area contributed by atoms with Gasteiger partial charge in [0.05, 0.1) is 6.20 Å². The number of fused-ring (bicyclic) bond motifs is 1. The van der Waals surface area contributed by atoms with Gasteiger partial charge in [0.15, 0.2) is 10.5 Å². The fourth-order valence-electron chi connectivity index (χ4n) is 1.05. The molecule has 82 valence electrons. The molecule has 0 unspecified atom stereocenters. The molecule has 0 spiro atoms. The molecule has 2 heterocycles. The first-order chi connectivity index (χ1) is 7.44. The van der Waals surface area contributed by atoms with Crippen molar-refractivity contribution in [3.63, 3.8) is 0 Å². The Morgan fingerprint density at radius 2 is 2.19 bits per heavy atom. The zero-order chi connectivity index (χ0) is 11.8. The number of nitrogens with one attached hydrogen (secondary N) is 1. The number of H-pyrrole nitrogens is 1. The molecule has 16 heavy (non-hydrogen) atoms. The Labute approximate surface area is 97.8 Å². The molecule has 2 aromatic rings. The Hall–Kier alpha value is -1.45. The molecular formula is C10H11N3OSSi. The summed E-state index contributed by atoms with van der Waals surface area (Å²) in [6, 6.07) is 0. The smallest absolute Gasteiger partial charge is 0.296 e. The summed E-state index contributed by atoms with van der Waals surface area (Å²) in [6.45, 7) is 6.50. The molecule has 0 aliphatic rings. The van der Waals surface area contributed by atoms with Crippen LogP contribution >= 0.6 is 11.3 Å². The van der Waals surface area contributed by atoms with Crippen LogP contribution in [0.2, 0.25) is 19.6 Å². The van der Waals surface area contributed by atoms with Crippen LogP contribution in [0, 0.1) is 11.5 Å². The second kappa shape index (κ2) is 3.85. The fourth-order valence-corrected chi connectivity index (χ4v) is 2.22. The predicted molar refractivity (Wildman–Crippen MR) is 68.3 cm³/mol. The van der Waals surface area contributed by atoms with Crippen molar-refractivity contribution in [1.29, 1.82) is 0 Å². The number of aromatic amines is 1. The van der Waals surface area contributed by atoms with Crippen molar-refractivity contribution in [3.05, 3.63) is 21.6 Å². The first-order valence-corrected chi connectivity index (χ1v) is 9.15. The molecule has 0 aliphatic carbocycles. The van der Waals surface area contributed by atoms with Gasteiger partial charge >= 0.3 is 4.87 Å². The monoisotopic (exact) mass is 249 g/mol. The van der Waals surface area contributed by atoms with Gasteiger partial charge in [0.25, 0.3) is 0 Å². The van der Waals surface area contributed by atoms with Gasteiger partial charge in [-0.15, -0.1) is 5.54 Å². The maximum Gasteiger partial charge on any atom is 0.308 e. The van der Waals surface area contributed by atoms with E-state index in [1.807, 2.05) is 0 Å². The maximum absolute atomic E-state index is 11.1. The highest BCUT2D eigenvalue weighted by atomic mass is 32.1. The summed E-state index contributed by atoms with van der Waals surface area (Å²) in [7, 11) is -1.40. The second-order valence-electron chi connectivity index (χ2n) is 4.42. The van der Waals surface area contributed by atoms with Crippen LogP contribution in [0.15, 0.2) is 11.0 Å². The summed E-state index contributed by atoms with van der Waals surface area (Å²) >= 11 is 1.06. The van der Waals surface area contributed by atoms with Gasteiger partial charge < -0.3 is 0 Å². The summed E-state index contributed by atoms with van der Waals surface area (Å²) < 4.78 is 0. The van der Waals surface area contributed by atoms with Crippen LogP contribution in [0.25, 0.3) is 10.5 Å². The van der Waals surface area contributed by atoms with E-state index in [4.69, 9.17) is 0 Å². The van der Waals surface area contributed by atoms with Crippen LogP contribution in [0.3, 0.4) is 0 Å². The van der Waals surface area contributed by atoms with Gasteiger partial charge in [0.1, 0.15) is 13.8 Å². The largest absolute Gasteiger partial charge is 0.308 e. The first-order valence-electron chi connectivity index (χ1n) is 4.83. The minimum Gasteiger partial charge on any atom is -0.296 e. The summed E-state index contributed by atoms with van der Waals surface area (Å²) in [5, 5.41) is 0. The van der Waals surface area contributed by atoms with Crippen molar-refractivity contribution in [3.8, 4) is 11.5 Å². The summed E-state index contributed by atoms with van der Waals surface area (Å²) in [5.74, 6) is 3.01. The summed E-state index contributed by atoms with van der Waals surface area (Å²) in [4.78, 5) is 22.5. The van der Waals surface area contributed by atoms with Crippen LogP contribution in [0.5, 0.6) is 0 Å². The molecule has 2 rings (SSSR count). The molecule has 0 radical (unpaired) electrons. The van der Waals surface area contributed by atoms with Crippen LogP contribution in [-0.4, -0.2) is 23.0 Å². The van der Waals surface area contributed by atoms with Gasteiger partial charge in [-0.3, -0.25) is 9.78 Å². The number of rotatable bonds is 0. The average Bonchev–Trinajstić information content (AvgIpc) is 2.52. The molecule has 0 atom stereocenters. The lowest BCUT2D eigenvalue weighted by Gasteiger charge is -2.02. The number of thiazole rings is 1. The van der Waals surface area contributed by atoms with Gasteiger partial charge in [-0.05, 0) is 0 Å². The first kappa shape index (κ1) is 11.0. The molecular weight excluding hydrogens is 238 g/mol. The van der Waals surface area contributed by atoms with E-state index in [0.29, 0.717) is 16.2 Å². The van der Waals surface area contributed by atoms with Crippen molar-refractivity contribution in [2.45, 2.75) is 19.6 Å². The minimum atomic E-state index is -1.40. The van der Waals surface area contributed by atoms with Gasteiger partial charge in [-0.1, -0.05) is 36.9 Å². The molecule has 2 aromatic heterocycles. The van der Waals surface area contributed by atoms with Crippen LogP contribution in [0.4, 0.5) is 0 Å². The van der Waals surface area contributed by atoms with Gasteiger partial charge in [-0.25, -0.2) is 9.97 Å². The molecule has 0 amide bonds. The lowest BCUT2D eigenvalue weighted by atomic mass is 10.5. The molecule has 4 nitrogen and oxygen atoms in total. The van der Waals surface area contributed by atoms with E-state index >= 15 is 0 Å².